The van der Waals surface area contributed by atoms with Crippen LogP contribution in [0, 0.1) is 5.82 Å². The van der Waals surface area contributed by atoms with Gasteiger partial charge in [0.15, 0.2) is 17.4 Å². The fraction of sp³-hybridized carbons (Fsp3) is 0.450. The normalized spacial score (nSPS) is 15.0. The van der Waals surface area contributed by atoms with Gasteiger partial charge in [-0.1, -0.05) is 19.0 Å². The summed E-state index contributed by atoms with van der Waals surface area (Å²) in [6.07, 6.45) is 4.48. The van der Waals surface area contributed by atoms with E-state index in [2.05, 4.69) is 30.3 Å². The first-order chi connectivity index (χ1) is 15.9. The number of hydrogen-bond acceptors (Lipinski definition) is 10. The highest BCUT2D eigenvalue weighted by atomic mass is 19.1. The van der Waals surface area contributed by atoms with Crippen LogP contribution in [0.2, 0.25) is 0 Å². The summed E-state index contributed by atoms with van der Waals surface area (Å²) in [7, 11) is 0. The Labute approximate surface area is 189 Å². The van der Waals surface area contributed by atoms with Gasteiger partial charge < -0.3 is 20.0 Å². The van der Waals surface area contributed by atoms with Crippen LogP contribution < -0.4 is 26.3 Å². The minimum atomic E-state index is -0.560. The molecule has 13 heteroatoms. The van der Waals surface area contributed by atoms with E-state index < -0.39 is 5.82 Å². The molecule has 3 heterocycles. The van der Waals surface area contributed by atoms with Crippen molar-refractivity contribution in [3.05, 3.63) is 41.7 Å². The average molecular weight is 459 g/mol. The second kappa shape index (κ2) is 9.81. The van der Waals surface area contributed by atoms with Crippen LogP contribution in [-0.2, 0) is 6.61 Å². The molecule has 4 N–H and O–H groups in total. The van der Waals surface area contributed by atoms with Crippen molar-refractivity contribution < 1.29 is 13.7 Å². The van der Waals surface area contributed by atoms with E-state index in [1.54, 1.807) is 17.1 Å². The Morgan fingerprint density at radius 1 is 1.36 bits per heavy atom. The SMILES string of the molecule is CC(C)c1noc(N2CCC(n3ncc(COc4ccc(N(N)/C=N\N)cc4F)n3)CC2)n1. The molecule has 0 radical (unpaired) electrons. The van der Waals surface area contributed by atoms with Gasteiger partial charge in [0, 0.05) is 25.1 Å². The average Bonchev–Trinajstić information content (AvgIpc) is 3.49. The monoisotopic (exact) mass is 458 g/mol. The molecule has 1 aromatic carbocycles. The van der Waals surface area contributed by atoms with Gasteiger partial charge in [0.25, 0.3) is 0 Å². The number of hydrazone groups is 1. The topological polar surface area (TPSA) is 150 Å². The molecule has 33 heavy (non-hydrogen) atoms. The lowest BCUT2D eigenvalue weighted by atomic mass is 10.1. The maximum absolute atomic E-state index is 14.3. The number of ether oxygens (including phenoxy) is 1. The summed E-state index contributed by atoms with van der Waals surface area (Å²) in [6.45, 7) is 5.68. The molecule has 4 rings (SSSR count). The van der Waals surface area contributed by atoms with Gasteiger partial charge >= 0.3 is 6.01 Å². The lowest BCUT2D eigenvalue weighted by molar-refractivity contribution is 0.278. The van der Waals surface area contributed by atoms with Crippen molar-refractivity contribution >= 4 is 18.0 Å². The Hall–Kier alpha value is -3.74. The lowest BCUT2D eigenvalue weighted by Crippen LogP contribution is -2.35. The number of aromatic nitrogens is 5. The molecule has 0 bridgehead atoms. The van der Waals surface area contributed by atoms with Gasteiger partial charge in [-0.05, 0) is 25.0 Å². The molecule has 3 aromatic rings. The minimum Gasteiger partial charge on any atom is -0.484 e. The first kappa shape index (κ1) is 22.5. The number of nitrogens with zero attached hydrogens (tertiary/aromatic N) is 8. The van der Waals surface area contributed by atoms with Crippen molar-refractivity contribution in [3.63, 3.8) is 0 Å². The van der Waals surface area contributed by atoms with Gasteiger partial charge in [-0.25, -0.2) is 10.2 Å². The highest BCUT2D eigenvalue weighted by Crippen LogP contribution is 2.26. The van der Waals surface area contributed by atoms with Crippen molar-refractivity contribution in [1.82, 2.24) is 25.1 Å². The van der Waals surface area contributed by atoms with E-state index in [9.17, 15) is 4.39 Å². The summed E-state index contributed by atoms with van der Waals surface area (Å²) in [6, 6.07) is 5.02. The Balaban J connectivity index is 1.30. The molecule has 2 aromatic heterocycles. The van der Waals surface area contributed by atoms with E-state index in [-0.39, 0.29) is 24.3 Å². The molecule has 0 aliphatic carbocycles. The van der Waals surface area contributed by atoms with Gasteiger partial charge in [-0.15, -0.1) is 0 Å². The maximum Gasteiger partial charge on any atom is 0.324 e. The van der Waals surface area contributed by atoms with Gasteiger partial charge in [0.2, 0.25) is 0 Å². The third-order valence-electron chi connectivity index (χ3n) is 5.35. The Bertz CT molecular complexity index is 1090. The smallest absolute Gasteiger partial charge is 0.324 e. The molecular weight excluding hydrogens is 431 g/mol. The van der Waals surface area contributed by atoms with Crippen LogP contribution in [0.5, 0.6) is 5.75 Å². The Morgan fingerprint density at radius 3 is 2.82 bits per heavy atom. The van der Waals surface area contributed by atoms with E-state index in [0.29, 0.717) is 23.2 Å². The molecule has 1 aliphatic heterocycles. The summed E-state index contributed by atoms with van der Waals surface area (Å²) >= 11 is 0. The van der Waals surface area contributed by atoms with Crippen LogP contribution in [0.1, 0.15) is 50.2 Å². The standard InChI is InChI=1S/C20H27FN10O2/c1-13(2)19-26-20(33-28-19)29-7-5-15(6-8-29)31-25-10-14(27-31)11-32-18-4-3-16(9-17(18)21)30(23)12-24-22/h3-4,9-10,12-13,15H,5-8,11,22-23H2,1-2H3/b24-12-. The predicted octanol–water partition coefficient (Wildman–Crippen LogP) is 1.93. The predicted molar refractivity (Wildman–Crippen MR) is 119 cm³/mol. The van der Waals surface area contributed by atoms with Crippen LogP contribution in [0.15, 0.2) is 34.0 Å². The first-order valence-electron chi connectivity index (χ1n) is 10.6. The first-order valence-corrected chi connectivity index (χ1v) is 10.6. The summed E-state index contributed by atoms with van der Waals surface area (Å²) in [5, 5.41) is 17.3. The quantitative estimate of drug-likeness (QED) is 0.222. The molecule has 0 spiro atoms. The number of hydrazine groups is 1. The van der Waals surface area contributed by atoms with Crippen molar-refractivity contribution in [2.24, 2.45) is 16.8 Å². The molecule has 0 saturated carbocycles. The molecule has 1 saturated heterocycles. The summed E-state index contributed by atoms with van der Waals surface area (Å²) < 4.78 is 25.3. The molecule has 0 amide bonds. The van der Waals surface area contributed by atoms with Crippen molar-refractivity contribution in [2.45, 2.75) is 45.3 Å². The van der Waals surface area contributed by atoms with E-state index in [0.717, 1.165) is 30.9 Å². The van der Waals surface area contributed by atoms with Crippen molar-refractivity contribution in [2.75, 3.05) is 23.0 Å². The number of anilines is 2. The molecule has 1 fully saturated rings. The second-order valence-electron chi connectivity index (χ2n) is 8.04. The number of rotatable bonds is 8. The number of benzene rings is 1. The van der Waals surface area contributed by atoms with E-state index in [4.69, 9.17) is 20.9 Å². The van der Waals surface area contributed by atoms with Crippen LogP contribution in [0.4, 0.5) is 16.1 Å². The Morgan fingerprint density at radius 2 is 2.15 bits per heavy atom. The summed E-state index contributed by atoms with van der Waals surface area (Å²) in [5.41, 5.74) is 0.988. The number of nitrogens with two attached hydrogens (primary N) is 2. The second-order valence-corrected chi connectivity index (χ2v) is 8.04. The fourth-order valence-electron chi connectivity index (χ4n) is 3.49. The Kier molecular flexibility index (Phi) is 6.68. The highest BCUT2D eigenvalue weighted by Gasteiger charge is 2.25. The molecule has 12 nitrogen and oxygen atoms in total. The van der Waals surface area contributed by atoms with Gasteiger partial charge in [-0.3, -0.25) is 5.01 Å². The summed E-state index contributed by atoms with van der Waals surface area (Å²) in [4.78, 5) is 8.24. The molecule has 1 aliphatic rings. The zero-order valence-corrected chi connectivity index (χ0v) is 18.5. The summed E-state index contributed by atoms with van der Waals surface area (Å²) in [5.74, 6) is 11.2. The molecule has 176 valence electrons. The fourth-order valence-corrected chi connectivity index (χ4v) is 3.49. The third-order valence-corrected chi connectivity index (χ3v) is 5.35. The van der Waals surface area contributed by atoms with Crippen LogP contribution in [0.3, 0.4) is 0 Å². The van der Waals surface area contributed by atoms with Gasteiger partial charge in [0.1, 0.15) is 18.6 Å². The van der Waals surface area contributed by atoms with Crippen LogP contribution in [-0.4, -0.2) is 44.6 Å². The van der Waals surface area contributed by atoms with Gasteiger partial charge in [0.05, 0.1) is 17.9 Å². The zero-order valence-electron chi connectivity index (χ0n) is 18.5. The van der Waals surface area contributed by atoms with E-state index in [1.165, 1.54) is 18.5 Å². The number of piperidine rings is 1. The lowest BCUT2D eigenvalue weighted by Gasteiger charge is -2.29. The molecule has 0 unspecified atom stereocenters. The number of hydrogen-bond donors (Lipinski definition) is 2. The van der Waals surface area contributed by atoms with E-state index >= 15 is 0 Å². The van der Waals surface area contributed by atoms with E-state index in [1.807, 2.05) is 13.8 Å². The van der Waals surface area contributed by atoms with Crippen molar-refractivity contribution in [1.29, 1.82) is 0 Å². The minimum absolute atomic E-state index is 0.0834. The van der Waals surface area contributed by atoms with Gasteiger partial charge in [-0.2, -0.15) is 25.1 Å². The van der Waals surface area contributed by atoms with Crippen LogP contribution >= 0.6 is 0 Å². The zero-order chi connectivity index (χ0) is 23.4. The highest BCUT2D eigenvalue weighted by molar-refractivity contribution is 5.77. The third kappa shape index (κ3) is 5.19. The number of halogens is 1. The van der Waals surface area contributed by atoms with Crippen molar-refractivity contribution in [3.8, 4) is 5.75 Å². The maximum atomic E-state index is 14.3. The van der Waals surface area contributed by atoms with Crippen LogP contribution in [0.25, 0.3) is 0 Å². The molecular formula is C20H27FN10O2. The largest absolute Gasteiger partial charge is 0.484 e. The molecule has 0 atom stereocenters.